The molecule has 0 radical (unpaired) electrons. The van der Waals surface area contributed by atoms with Crippen molar-refractivity contribution in [3.05, 3.63) is 76.6 Å². The highest BCUT2D eigenvalue weighted by molar-refractivity contribution is 6.30. The molecule has 1 aromatic heterocycles. The molecule has 3 rings (SSSR count). The number of nitrogens with one attached hydrogen (secondary N) is 1. The summed E-state index contributed by atoms with van der Waals surface area (Å²) in [5.41, 5.74) is 0.581. The van der Waals surface area contributed by atoms with Gasteiger partial charge < -0.3 is 19.5 Å². The van der Waals surface area contributed by atoms with Crippen molar-refractivity contribution in [1.29, 1.82) is 0 Å². The Hall–Kier alpha value is -3.85. The Labute approximate surface area is 182 Å². The third kappa shape index (κ3) is 5.40. The van der Waals surface area contributed by atoms with Gasteiger partial charge in [0.2, 0.25) is 0 Å². The quantitative estimate of drug-likeness (QED) is 0.557. The number of rotatable bonds is 7. The van der Waals surface area contributed by atoms with Crippen molar-refractivity contribution in [1.82, 2.24) is 9.78 Å². The molecule has 31 heavy (non-hydrogen) atoms. The fourth-order valence-corrected chi connectivity index (χ4v) is 2.79. The first-order valence-corrected chi connectivity index (χ1v) is 9.32. The Bertz CT molecular complexity index is 1080. The number of methoxy groups -OCH3 is 2. The average Bonchev–Trinajstić information content (AvgIpc) is 3.26. The molecule has 160 valence electrons. The van der Waals surface area contributed by atoms with Crippen LogP contribution in [0.4, 0.5) is 5.69 Å². The Morgan fingerprint density at radius 2 is 1.58 bits per heavy atom. The Morgan fingerprint density at radius 3 is 2.16 bits per heavy atom. The maximum atomic E-state index is 12.8. The van der Waals surface area contributed by atoms with Gasteiger partial charge in [0, 0.05) is 16.9 Å². The van der Waals surface area contributed by atoms with E-state index in [2.05, 4.69) is 10.4 Å². The first kappa shape index (κ1) is 21.8. The number of carbonyl (C=O) groups excluding carboxylic acids is 3. The molecular formula is C21H18ClN3O6. The molecule has 0 aliphatic carbocycles. The molecular weight excluding hydrogens is 426 g/mol. The number of esters is 2. The van der Waals surface area contributed by atoms with Gasteiger partial charge in [-0.1, -0.05) is 11.6 Å². The maximum Gasteiger partial charge on any atom is 0.337 e. The first-order chi connectivity index (χ1) is 14.9. The number of carbonyl (C=O) groups is 3. The van der Waals surface area contributed by atoms with Crippen molar-refractivity contribution < 1.29 is 28.6 Å². The van der Waals surface area contributed by atoms with Crippen LogP contribution in [0.2, 0.25) is 5.02 Å². The summed E-state index contributed by atoms with van der Waals surface area (Å²) in [4.78, 5) is 36.6. The summed E-state index contributed by atoms with van der Waals surface area (Å²) < 4.78 is 16.4. The van der Waals surface area contributed by atoms with E-state index in [-0.39, 0.29) is 29.2 Å². The van der Waals surface area contributed by atoms with Crippen LogP contribution < -0.4 is 10.1 Å². The second-order valence-corrected chi connectivity index (χ2v) is 6.62. The third-order valence-electron chi connectivity index (χ3n) is 4.15. The normalized spacial score (nSPS) is 10.3. The number of hydrogen-bond acceptors (Lipinski definition) is 7. The highest BCUT2D eigenvalue weighted by Crippen LogP contribution is 2.19. The zero-order valence-electron chi connectivity index (χ0n) is 16.6. The highest BCUT2D eigenvalue weighted by atomic mass is 35.5. The molecule has 0 bridgehead atoms. The monoisotopic (exact) mass is 443 g/mol. The number of nitrogens with zero attached hydrogens (tertiary/aromatic N) is 2. The number of halogens is 1. The number of anilines is 1. The van der Waals surface area contributed by atoms with Gasteiger partial charge in [0.1, 0.15) is 11.4 Å². The fourth-order valence-electron chi connectivity index (χ4n) is 2.66. The molecule has 0 saturated carbocycles. The first-order valence-electron chi connectivity index (χ1n) is 8.94. The molecule has 9 nitrogen and oxygen atoms in total. The van der Waals surface area contributed by atoms with Gasteiger partial charge in [-0.25, -0.2) is 14.3 Å². The van der Waals surface area contributed by atoms with Gasteiger partial charge in [-0.3, -0.25) is 4.79 Å². The Morgan fingerprint density at radius 1 is 0.968 bits per heavy atom. The number of benzene rings is 2. The minimum atomic E-state index is -0.664. The molecule has 2 aromatic carbocycles. The number of ether oxygens (including phenoxy) is 3. The SMILES string of the molecule is COC(=O)c1cc(NC(=O)c2ccnn2COc2ccc(Cl)cc2)cc(C(=O)OC)c1. The van der Waals surface area contributed by atoms with Gasteiger partial charge in [-0.05, 0) is 48.5 Å². The summed E-state index contributed by atoms with van der Waals surface area (Å²) in [6, 6.07) is 12.4. The van der Waals surface area contributed by atoms with Crippen molar-refractivity contribution in [3.63, 3.8) is 0 Å². The summed E-state index contributed by atoms with van der Waals surface area (Å²) >= 11 is 5.85. The van der Waals surface area contributed by atoms with Gasteiger partial charge in [0.25, 0.3) is 5.91 Å². The third-order valence-corrected chi connectivity index (χ3v) is 4.40. The zero-order valence-corrected chi connectivity index (χ0v) is 17.4. The summed E-state index contributed by atoms with van der Waals surface area (Å²) in [5, 5.41) is 7.30. The molecule has 0 unspecified atom stereocenters. The largest absolute Gasteiger partial charge is 0.471 e. The van der Waals surface area contributed by atoms with Crippen LogP contribution in [0.1, 0.15) is 31.2 Å². The molecule has 10 heteroatoms. The van der Waals surface area contributed by atoms with Crippen molar-refractivity contribution in [2.24, 2.45) is 0 Å². The van der Waals surface area contributed by atoms with Gasteiger partial charge in [-0.2, -0.15) is 5.10 Å². The molecule has 0 saturated heterocycles. The van der Waals surface area contributed by atoms with Crippen LogP contribution in [-0.2, 0) is 16.2 Å². The molecule has 3 aromatic rings. The number of hydrogen-bond donors (Lipinski definition) is 1. The lowest BCUT2D eigenvalue weighted by Gasteiger charge is -2.12. The molecule has 0 aliphatic rings. The Kier molecular flexibility index (Phi) is 6.88. The van der Waals surface area contributed by atoms with Gasteiger partial charge in [0.15, 0.2) is 6.73 Å². The lowest BCUT2D eigenvalue weighted by molar-refractivity contribution is 0.0599. The van der Waals surface area contributed by atoms with Gasteiger partial charge >= 0.3 is 11.9 Å². The van der Waals surface area contributed by atoms with E-state index >= 15 is 0 Å². The van der Waals surface area contributed by atoms with E-state index in [4.69, 9.17) is 25.8 Å². The predicted molar refractivity (Wildman–Crippen MR) is 111 cm³/mol. The number of amides is 1. The molecule has 1 heterocycles. The fraction of sp³-hybridized carbons (Fsp3) is 0.143. The summed E-state index contributed by atoms with van der Waals surface area (Å²) in [5.74, 6) is -1.29. The highest BCUT2D eigenvalue weighted by Gasteiger charge is 2.17. The maximum absolute atomic E-state index is 12.8. The smallest absolute Gasteiger partial charge is 0.337 e. The van der Waals surface area contributed by atoms with Crippen LogP contribution in [0, 0.1) is 0 Å². The molecule has 0 aliphatic heterocycles. The molecule has 0 atom stereocenters. The van der Waals surface area contributed by atoms with E-state index in [1.54, 1.807) is 24.3 Å². The summed E-state index contributed by atoms with van der Waals surface area (Å²) in [6.45, 7) is -0.0208. The summed E-state index contributed by atoms with van der Waals surface area (Å²) in [7, 11) is 2.43. The molecule has 0 spiro atoms. The predicted octanol–water partition coefficient (Wildman–Crippen LogP) is 3.40. The standard InChI is InChI=1S/C21H18ClN3O6/c1-29-20(27)13-9-14(21(28)30-2)11-16(10-13)24-19(26)18-7-8-23-25(18)12-31-17-5-3-15(22)4-6-17/h3-11H,12H2,1-2H3,(H,24,26). The van der Waals surface area contributed by atoms with E-state index in [9.17, 15) is 14.4 Å². The van der Waals surface area contributed by atoms with Crippen LogP contribution in [0.5, 0.6) is 5.75 Å². The average molecular weight is 444 g/mol. The lowest BCUT2D eigenvalue weighted by atomic mass is 10.1. The van der Waals surface area contributed by atoms with Crippen LogP contribution in [0.15, 0.2) is 54.7 Å². The van der Waals surface area contributed by atoms with Crippen LogP contribution in [0.3, 0.4) is 0 Å². The van der Waals surface area contributed by atoms with E-state index in [1.807, 2.05) is 0 Å². The van der Waals surface area contributed by atoms with E-state index < -0.39 is 17.8 Å². The molecule has 1 N–H and O–H groups in total. The topological polar surface area (TPSA) is 109 Å². The molecule has 0 fully saturated rings. The van der Waals surface area contributed by atoms with Crippen molar-refractivity contribution >= 4 is 35.1 Å². The minimum absolute atomic E-state index is 0.0208. The minimum Gasteiger partial charge on any atom is -0.471 e. The second kappa shape index (κ2) is 9.77. The second-order valence-electron chi connectivity index (χ2n) is 6.18. The van der Waals surface area contributed by atoms with Crippen molar-refractivity contribution in [2.75, 3.05) is 19.5 Å². The zero-order chi connectivity index (χ0) is 22.4. The van der Waals surface area contributed by atoms with Crippen LogP contribution >= 0.6 is 11.6 Å². The van der Waals surface area contributed by atoms with Crippen molar-refractivity contribution in [2.45, 2.75) is 6.73 Å². The van der Waals surface area contributed by atoms with E-state index in [1.165, 1.54) is 49.4 Å². The lowest BCUT2D eigenvalue weighted by Crippen LogP contribution is -2.20. The number of aromatic nitrogens is 2. The van der Waals surface area contributed by atoms with E-state index in [0.29, 0.717) is 10.8 Å². The van der Waals surface area contributed by atoms with E-state index in [0.717, 1.165) is 0 Å². The summed E-state index contributed by atoms with van der Waals surface area (Å²) in [6.07, 6.45) is 1.45. The van der Waals surface area contributed by atoms with Gasteiger partial charge in [0.05, 0.1) is 25.3 Å². The van der Waals surface area contributed by atoms with Crippen molar-refractivity contribution in [3.8, 4) is 5.75 Å². The molecule has 1 amide bonds. The van der Waals surface area contributed by atoms with Crippen LogP contribution in [0.25, 0.3) is 0 Å². The Balaban J connectivity index is 1.78. The van der Waals surface area contributed by atoms with Gasteiger partial charge in [-0.15, -0.1) is 0 Å². The van der Waals surface area contributed by atoms with Crippen LogP contribution in [-0.4, -0.2) is 41.8 Å².